The minimum Gasteiger partial charge on any atom is -0.462 e. The first-order valence-corrected chi connectivity index (χ1v) is 33.5. The van der Waals surface area contributed by atoms with Crippen molar-refractivity contribution in [3.63, 3.8) is 0 Å². The van der Waals surface area contributed by atoms with Crippen LogP contribution in [0.1, 0.15) is 310 Å². The number of esters is 3. The number of ether oxygens (including phenoxy) is 3. The minimum atomic E-state index is -0.798. The average Bonchev–Trinajstić information content (AvgIpc) is 3.46. The summed E-state index contributed by atoms with van der Waals surface area (Å²) in [6.45, 7) is 6.49. The van der Waals surface area contributed by atoms with Crippen LogP contribution in [-0.2, 0) is 28.6 Å². The van der Waals surface area contributed by atoms with Crippen LogP contribution in [0.2, 0.25) is 0 Å². The molecular weight excluding hydrogens is 985 g/mol. The van der Waals surface area contributed by atoms with E-state index in [0.717, 1.165) is 116 Å². The summed E-state index contributed by atoms with van der Waals surface area (Å²) in [7, 11) is 0. The molecule has 0 N–H and O–H groups in total. The summed E-state index contributed by atoms with van der Waals surface area (Å²) in [5, 5.41) is 0. The molecule has 0 saturated heterocycles. The monoisotopic (exact) mass is 1110 g/mol. The fourth-order valence-corrected chi connectivity index (χ4v) is 9.20. The van der Waals surface area contributed by atoms with Gasteiger partial charge in [-0.3, -0.25) is 14.4 Å². The standard InChI is InChI=1S/C74H124O6/c1-4-7-10-13-16-19-22-24-26-28-30-32-34-36-37-39-40-42-44-46-48-50-52-55-58-61-64-67-73(76)79-70-71(69-78-72(75)66-63-60-57-54-21-18-15-12-9-6-3)80-74(77)68-65-62-59-56-53-51-49-47-45-43-41-38-35-33-31-29-27-25-23-20-17-14-11-8-5-2/h7,10,16,19,23-26,29-32,36-37,40,42,46,48,52,55,71H,4-6,8-9,11-15,17-18,20-22,27-28,33-35,38-39,41,43-45,47,49-51,53-54,56-70H2,1-3H3/b10-7-,19-16-,25-23-,26-24-,31-29-,32-30-,37-36-,42-40-,48-46-,55-52-. The average molecular weight is 1110 g/mol. The molecule has 456 valence electrons. The second kappa shape index (κ2) is 67.3. The van der Waals surface area contributed by atoms with Crippen LogP contribution in [-0.4, -0.2) is 37.2 Å². The summed E-state index contributed by atoms with van der Waals surface area (Å²) in [4.78, 5) is 38.3. The predicted molar refractivity (Wildman–Crippen MR) is 348 cm³/mol. The molecule has 0 saturated carbocycles. The van der Waals surface area contributed by atoms with Gasteiger partial charge in [0, 0.05) is 19.3 Å². The molecule has 0 aliphatic heterocycles. The highest BCUT2D eigenvalue weighted by atomic mass is 16.6. The topological polar surface area (TPSA) is 78.9 Å². The van der Waals surface area contributed by atoms with Gasteiger partial charge in [-0.15, -0.1) is 0 Å². The molecule has 0 aliphatic carbocycles. The highest BCUT2D eigenvalue weighted by Crippen LogP contribution is 2.16. The molecule has 0 amide bonds. The van der Waals surface area contributed by atoms with Crippen LogP contribution in [0.15, 0.2) is 122 Å². The summed E-state index contributed by atoms with van der Waals surface area (Å²) in [6, 6.07) is 0. The molecule has 0 heterocycles. The first-order valence-electron chi connectivity index (χ1n) is 33.5. The largest absolute Gasteiger partial charge is 0.462 e. The van der Waals surface area contributed by atoms with E-state index in [1.54, 1.807) is 0 Å². The zero-order chi connectivity index (χ0) is 57.8. The highest BCUT2D eigenvalue weighted by Gasteiger charge is 2.19. The Bertz CT molecular complexity index is 1650. The summed E-state index contributed by atoms with van der Waals surface area (Å²) in [6.07, 6.45) is 93.6. The van der Waals surface area contributed by atoms with E-state index in [4.69, 9.17) is 14.2 Å². The Labute approximate surface area is 494 Å². The Morgan fingerprint density at radius 1 is 0.263 bits per heavy atom. The van der Waals surface area contributed by atoms with Gasteiger partial charge in [-0.1, -0.05) is 296 Å². The first kappa shape index (κ1) is 75.8. The molecule has 6 heteroatoms. The van der Waals surface area contributed by atoms with Crippen LogP contribution in [0.5, 0.6) is 0 Å². The van der Waals surface area contributed by atoms with E-state index in [0.29, 0.717) is 19.3 Å². The minimum absolute atomic E-state index is 0.0918. The molecule has 6 nitrogen and oxygen atoms in total. The molecule has 80 heavy (non-hydrogen) atoms. The van der Waals surface area contributed by atoms with Gasteiger partial charge in [-0.2, -0.15) is 0 Å². The van der Waals surface area contributed by atoms with Crippen molar-refractivity contribution in [3.05, 3.63) is 122 Å². The van der Waals surface area contributed by atoms with Crippen molar-refractivity contribution in [2.24, 2.45) is 0 Å². The molecule has 1 atom stereocenters. The third-order valence-corrected chi connectivity index (χ3v) is 14.2. The van der Waals surface area contributed by atoms with Crippen LogP contribution in [0.25, 0.3) is 0 Å². The molecule has 0 spiro atoms. The molecule has 0 aromatic rings. The molecule has 0 aromatic heterocycles. The number of hydrogen-bond acceptors (Lipinski definition) is 6. The Morgan fingerprint density at radius 2 is 0.487 bits per heavy atom. The SMILES string of the molecule is CC/C=C\C/C=C\C/C=C\C/C=C\C/C=C\C/C=C\C/C=C\C/C=C\CCCCC(=O)OCC(COC(=O)CCCCCCCCCCCC)OC(=O)CCCCCCCCCCCCCCC/C=C\C/C=C\CCCCCCC. The molecule has 0 aromatic carbocycles. The molecule has 0 rings (SSSR count). The normalized spacial score (nSPS) is 12.9. The van der Waals surface area contributed by atoms with E-state index in [1.165, 1.54) is 154 Å². The second-order valence-electron chi connectivity index (χ2n) is 22.0. The van der Waals surface area contributed by atoms with E-state index < -0.39 is 6.10 Å². The van der Waals surface area contributed by atoms with E-state index in [2.05, 4.69) is 142 Å². The third-order valence-electron chi connectivity index (χ3n) is 14.2. The maximum atomic E-state index is 12.9. The fraction of sp³-hybridized carbons (Fsp3) is 0.689. The lowest BCUT2D eigenvalue weighted by Crippen LogP contribution is -2.30. The Morgan fingerprint density at radius 3 is 0.787 bits per heavy atom. The van der Waals surface area contributed by atoms with E-state index in [-0.39, 0.29) is 31.1 Å². The van der Waals surface area contributed by atoms with E-state index in [1.807, 2.05) is 0 Å². The van der Waals surface area contributed by atoms with Crippen molar-refractivity contribution in [2.75, 3.05) is 13.2 Å². The summed E-state index contributed by atoms with van der Waals surface area (Å²) >= 11 is 0. The lowest BCUT2D eigenvalue weighted by molar-refractivity contribution is -0.167. The zero-order valence-corrected chi connectivity index (χ0v) is 52.3. The molecule has 0 fully saturated rings. The molecule has 1 unspecified atom stereocenters. The second-order valence-corrected chi connectivity index (χ2v) is 22.0. The summed E-state index contributed by atoms with van der Waals surface area (Å²) < 4.78 is 16.9. The van der Waals surface area contributed by atoms with Gasteiger partial charge in [-0.25, -0.2) is 0 Å². The van der Waals surface area contributed by atoms with Crippen LogP contribution in [0.3, 0.4) is 0 Å². The van der Waals surface area contributed by atoms with Gasteiger partial charge in [0.25, 0.3) is 0 Å². The maximum absolute atomic E-state index is 12.9. The predicted octanol–water partition coefficient (Wildman–Crippen LogP) is 23.2. The van der Waals surface area contributed by atoms with Gasteiger partial charge in [0.1, 0.15) is 13.2 Å². The van der Waals surface area contributed by atoms with Crippen LogP contribution in [0.4, 0.5) is 0 Å². The lowest BCUT2D eigenvalue weighted by Gasteiger charge is -2.18. The Kier molecular flexibility index (Phi) is 63.8. The van der Waals surface area contributed by atoms with Crippen molar-refractivity contribution >= 4 is 17.9 Å². The van der Waals surface area contributed by atoms with Gasteiger partial charge in [0.05, 0.1) is 0 Å². The zero-order valence-electron chi connectivity index (χ0n) is 52.3. The van der Waals surface area contributed by atoms with Crippen molar-refractivity contribution in [2.45, 2.75) is 316 Å². The van der Waals surface area contributed by atoms with Crippen molar-refractivity contribution in [1.82, 2.24) is 0 Å². The summed E-state index contributed by atoms with van der Waals surface area (Å²) in [5.41, 5.74) is 0. The number of hydrogen-bond donors (Lipinski definition) is 0. The van der Waals surface area contributed by atoms with Gasteiger partial charge in [0.2, 0.25) is 0 Å². The molecule has 0 radical (unpaired) electrons. The number of carbonyl (C=O) groups excluding carboxylic acids is 3. The number of carbonyl (C=O) groups is 3. The number of allylic oxidation sites excluding steroid dienone is 20. The molecule has 0 bridgehead atoms. The lowest BCUT2D eigenvalue weighted by atomic mass is 10.0. The van der Waals surface area contributed by atoms with E-state index >= 15 is 0 Å². The Hall–Kier alpha value is -4.19. The quantitative estimate of drug-likeness (QED) is 0.0261. The number of rotatable bonds is 60. The van der Waals surface area contributed by atoms with Crippen LogP contribution in [0, 0.1) is 0 Å². The summed E-state index contributed by atoms with van der Waals surface area (Å²) in [5.74, 6) is -0.933. The van der Waals surface area contributed by atoms with E-state index in [9.17, 15) is 14.4 Å². The van der Waals surface area contributed by atoms with Crippen molar-refractivity contribution in [3.8, 4) is 0 Å². The highest BCUT2D eigenvalue weighted by molar-refractivity contribution is 5.71. The van der Waals surface area contributed by atoms with Gasteiger partial charge in [0.15, 0.2) is 6.10 Å². The number of unbranched alkanes of at least 4 members (excludes halogenated alkanes) is 29. The first-order chi connectivity index (χ1) is 39.5. The van der Waals surface area contributed by atoms with Gasteiger partial charge in [-0.05, 0) is 116 Å². The van der Waals surface area contributed by atoms with Crippen molar-refractivity contribution < 1.29 is 28.6 Å². The maximum Gasteiger partial charge on any atom is 0.306 e. The Balaban J connectivity index is 4.33. The van der Waals surface area contributed by atoms with Crippen LogP contribution < -0.4 is 0 Å². The molecular formula is C74H124O6. The molecule has 0 aliphatic rings. The third kappa shape index (κ3) is 64.6. The van der Waals surface area contributed by atoms with Crippen LogP contribution >= 0.6 is 0 Å². The van der Waals surface area contributed by atoms with Crippen molar-refractivity contribution in [1.29, 1.82) is 0 Å². The smallest absolute Gasteiger partial charge is 0.306 e. The van der Waals surface area contributed by atoms with Gasteiger partial charge < -0.3 is 14.2 Å². The van der Waals surface area contributed by atoms with Gasteiger partial charge >= 0.3 is 17.9 Å². The fourth-order valence-electron chi connectivity index (χ4n) is 9.20.